The smallest absolute Gasteiger partial charge is 0.175 e. The third-order valence-electron chi connectivity index (χ3n) is 6.98. The van der Waals surface area contributed by atoms with Gasteiger partial charge in [-0.1, -0.05) is 24.3 Å². The summed E-state index contributed by atoms with van der Waals surface area (Å²) in [7, 11) is -3.31. The molecule has 0 unspecified atom stereocenters. The Morgan fingerprint density at radius 3 is 2.41 bits per heavy atom. The predicted molar refractivity (Wildman–Crippen MR) is 141 cm³/mol. The SMILES string of the molecule is CC1=C(c2ccc(S(C)(=O)=O)cc2)[C@@H](c2ccc(OCCN3CC(CF)C3)cc2)Oc2cc(O)ccc21. The maximum Gasteiger partial charge on any atom is 0.175 e. The number of aromatic hydroxyl groups is 1. The maximum atomic E-state index is 12.6. The summed E-state index contributed by atoms with van der Waals surface area (Å²) in [5.74, 6) is 1.60. The molecule has 8 heteroatoms. The normalized spacial score (nSPS) is 18.2. The topological polar surface area (TPSA) is 76.1 Å². The summed E-state index contributed by atoms with van der Waals surface area (Å²) < 4.78 is 48.9. The fourth-order valence-corrected chi connectivity index (χ4v) is 5.55. The minimum atomic E-state index is -3.31. The zero-order valence-electron chi connectivity index (χ0n) is 20.9. The Morgan fingerprint density at radius 2 is 1.76 bits per heavy atom. The molecular weight excluding hydrogens is 493 g/mol. The number of allylic oxidation sites excluding steroid dienone is 1. The van der Waals surface area contributed by atoms with Crippen molar-refractivity contribution in [1.82, 2.24) is 4.90 Å². The van der Waals surface area contributed by atoms with Gasteiger partial charge in [-0.15, -0.1) is 0 Å². The summed E-state index contributed by atoms with van der Waals surface area (Å²) in [6.07, 6.45) is 0.724. The number of hydrogen-bond donors (Lipinski definition) is 1. The monoisotopic (exact) mass is 523 g/mol. The van der Waals surface area contributed by atoms with E-state index < -0.39 is 15.9 Å². The summed E-state index contributed by atoms with van der Waals surface area (Å²) in [5, 5.41) is 10.0. The zero-order chi connectivity index (χ0) is 26.2. The van der Waals surface area contributed by atoms with E-state index in [1.54, 1.807) is 36.4 Å². The highest BCUT2D eigenvalue weighted by molar-refractivity contribution is 7.90. The number of rotatable bonds is 8. The number of phenols is 1. The van der Waals surface area contributed by atoms with Gasteiger partial charge in [0.1, 0.15) is 30.0 Å². The number of halogens is 1. The van der Waals surface area contributed by atoms with Crippen molar-refractivity contribution < 1.29 is 27.4 Å². The molecule has 2 aliphatic rings. The highest BCUT2D eigenvalue weighted by Gasteiger charge is 2.30. The summed E-state index contributed by atoms with van der Waals surface area (Å²) >= 11 is 0. The lowest BCUT2D eigenvalue weighted by Gasteiger charge is -2.37. The van der Waals surface area contributed by atoms with E-state index in [4.69, 9.17) is 9.47 Å². The van der Waals surface area contributed by atoms with Crippen LogP contribution in [-0.4, -0.2) is 57.6 Å². The molecule has 194 valence electrons. The van der Waals surface area contributed by atoms with E-state index in [-0.39, 0.29) is 23.2 Å². The van der Waals surface area contributed by atoms with E-state index in [1.165, 1.54) is 6.26 Å². The third kappa shape index (κ3) is 5.36. The van der Waals surface area contributed by atoms with Crippen LogP contribution in [-0.2, 0) is 9.84 Å². The molecular formula is C29H30FNO5S. The standard InChI is InChI=1S/C29H30FNO5S/c1-19-26-12-7-23(32)15-27(26)36-29(28(19)21-5-10-25(11-6-21)37(2,33)34)22-3-8-24(9-4-22)35-14-13-31-17-20(16-30)18-31/h3-12,15,20,29,32H,13-14,16-18H2,1-2H3/t29-/m1/s1. The van der Waals surface area contributed by atoms with Crippen molar-refractivity contribution in [2.24, 2.45) is 5.92 Å². The average molecular weight is 524 g/mol. The van der Waals surface area contributed by atoms with E-state index in [0.717, 1.165) is 53.2 Å². The first-order chi connectivity index (χ1) is 17.7. The van der Waals surface area contributed by atoms with Crippen molar-refractivity contribution in [3.05, 3.63) is 83.4 Å². The van der Waals surface area contributed by atoms with Gasteiger partial charge in [0, 0.05) is 49.0 Å². The van der Waals surface area contributed by atoms with Crippen LogP contribution in [0.2, 0.25) is 0 Å². The molecule has 3 aromatic rings. The van der Waals surface area contributed by atoms with E-state index in [2.05, 4.69) is 4.90 Å². The molecule has 2 aliphatic heterocycles. The second kappa shape index (κ2) is 10.2. The Labute approximate surface area is 216 Å². The number of benzene rings is 3. The Balaban J connectivity index is 1.40. The van der Waals surface area contributed by atoms with Crippen LogP contribution >= 0.6 is 0 Å². The van der Waals surface area contributed by atoms with E-state index in [1.807, 2.05) is 37.3 Å². The molecule has 0 radical (unpaired) electrons. The van der Waals surface area contributed by atoms with Crippen molar-refractivity contribution in [3.63, 3.8) is 0 Å². The Hall–Kier alpha value is -3.36. The highest BCUT2D eigenvalue weighted by atomic mass is 32.2. The van der Waals surface area contributed by atoms with Gasteiger partial charge < -0.3 is 14.6 Å². The molecule has 37 heavy (non-hydrogen) atoms. The minimum absolute atomic E-state index is 0.120. The van der Waals surface area contributed by atoms with Crippen LogP contribution in [0.15, 0.2) is 71.6 Å². The summed E-state index contributed by atoms with van der Waals surface area (Å²) in [6.45, 7) is 4.61. The van der Waals surface area contributed by atoms with E-state index in [9.17, 15) is 17.9 Å². The molecule has 1 N–H and O–H groups in total. The first-order valence-electron chi connectivity index (χ1n) is 12.3. The molecule has 1 fully saturated rings. The molecule has 1 saturated heterocycles. The van der Waals surface area contributed by atoms with Crippen molar-refractivity contribution in [2.45, 2.75) is 17.9 Å². The fourth-order valence-electron chi connectivity index (χ4n) is 4.92. The number of fused-ring (bicyclic) bond motifs is 1. The molecule has 6 nitrogen and oxygen atoms in total. The largest absolute Gasteiger partial charge is 0.508 e. The molecule has 0 spiro atoms. The van der Waals surface area contributed by atoms with Gasteiger partial charge in [-0.2, -0.15) is 0 Å². The molecule has 0 bridgehead atoms. The lowest BCUT2D eigenvalue weighted by atomic mass is 9.86. The molecule has 0 amide bonds. The molecule has 0 saturated carbocycles. The second-order valence-electron chi connectivity index (χ2n) is 9.71. The molecule has 1 atom stereocenters. The van der Waals surface area contributed by atoms with Crippen molar-refractivity contribution in [1.29, 1.82) is 0 Å². The van der Waals surface area contributed by atoms with Crippen molar-refractivity contribution in [2.75, 3.05) is 39.2 Å². The number of nitrogens with zero attached hydrogens (tertiary/aromatic N) is 1. The number of ether oxygens (including phenoxy) is 2. The maximum absolute atomic E-state index is 12.6. The predicted octanol–water partition coefficient (Wildman–Crippen LogP) is 5.14. The quantitative estimate of drug-likeness (QED) is 0.441. The zero-order valence-corrected chi connectivity index (χ0v) is 21.7. The first kappa shape index (κ1) is 25.3. The molecule has 2 heterocycles. The Morgan fingerprint density at radius 1 is 1.05 bits per heavy atom. The van der Waals surface area contributed by atoms with Crippen LogP contribution in [0.4, 0.5) is 4.39 Å². The summed E-state index contributed by atoms with van der Waals surface area (Å²) in [6, 6.07) is 19.6. The van der Waals surface area contributed by atoms with Gasteiger partial charge in [0.2, 0.25) is 0 Å². The van der Waals surface area contributed by atoms with Gasteiger partial charge in [0.05, 0.1) is 11.6 Å². The van der Waals surface area contributed by atoms with E-state index in [0.29, 0.717) is 12.4 Å². The Bertz CT molecular complexity index is 1410. The molecule has 0 aromatic heterocycles. The highest BCUT2D eigenvalue weighted by Crippen LogP contribution is 2.47. The van der Waals surface area contributed by atoms with Crippen LogP contribution in [0, 0.1) is 5.92 Å². The number of sulfone groups is 1. The molecule has 0 aliphatic carbocycles. The van der Waals surface area contributed by atoms with Crippen LogP contribution in [0.3, 0.4) is 0 Å². The lowest BCUT2D eigenvalue weighted by molar-refractivity contribution is 0.0668. The minimum Gasteiger partial charge on any atom is -0.508 e. The van der Waals surface area contributed by atoms with Crippen LogP contribution in [0.5, 0.6) is 17.2 Å². The van der Waals surface area contributed by atoms with E-state index >= 15 is 0 Å². The van der Waals surface area contributed by atoms with Gasteiger partial charge >= 0.3 is 0 Å². The average Bonchev–Trinajstić information content (AvgIpc) is 2.85. The van der Waals surface area contributed by atoms with Gasteiger partial charge in [-0.05, 0) is 60.0 Å². The molecule has 5 rings (SSSR count). The summed E-state index contributed by atoms with van der Waals surface area (Å²) in [4.78, 5) is 2.43. The number of alkyl halides is 1. The van der Waals surface area contributed by atoms with Crippen LogP contribution in [0.1, 0.15) is 29.7 Å². The third-order valence-corrected chi connectivity index (χ3v) is 8.11. The van der Waals surface area contributed by atoms with Crippen LogP contribution < -0.4 is 9.47 Å². The van der Waals surface area contributed by atoms with Gasteiger partial charge in [0.15, 0.2) is 9.84 Å². The Kier molecular flexibility index (Phi) is 6.96. The first-order valence-corrected chi connectivity index (χ1v) is 14.1. The lowest BCUT2D eigenvalue weighted by Crippen LogP contribution is -2.49. The van der Waals surface area contributed by atoms with Crippen molar-refractivity contribution >= 4 is 21.0 Å². The number of phenolic OH excluding ortho intramolecular Hbond substituents is 1. The van der Waals surface area contributed by atoms with Crippen molar-refractivity contribution in [3.8, 4) is 17.2 Å². The van der Waals surface area contributed by atoms with Crippen LogP contribution in [0.25, 0.3) is 11.1 Å². The second-order valence-corrected chi connectivity index (χ2v) is 11.7. The van der Waals surface area contributed by atoms with Gasteiger partial charge in [-0.3, -0.25) is 9.29 Å². The number of likely N-dealkylation sites (tertiary alicyclic amines) is 1. The number of hydrogen-bond acceptors (Lipinski definition) is 6. The van der Waals surface area contributed by atoms with Gasteiger partial charge in [-0.25, -0.2) is 8.42 Å². The fraction of sp³-hybridized carbons (Fsp3) is 0.310. The summed E-state index contributed by atoms with van der Waals surface area (Å²) in [5.41, 5.74) is 4.54. The molecule has 3 aromatic carbocycles. The van der Waals surface area contributed by atoms with Gasteiger partial charge in [0.25, 0.3) is 0 Å².